The average molecular weight is 236 g/mol. The maximum Gasteiger partial charge on any atom is 0.226 e. The summed E-state index contributed by atoms with van der Waals surface area (Å²) in [5.74, 6) is 2.37. The van der Waals surface area contributed by atoms with Crippen LogP contribution in [0.4, 0.5) is 0 Å². The summed E-state index contributed by atoms with van der Waals surface area (Å²) >= 11 is 0. The minimum Gasteiger partial charge on any atom is -0.335 e. The van der Waals surface area contributed by atoms with Gasteiger partial charge in [-0.15, -0.1) is 0 Å². The van der Waals surface area contributed by atoms with E-state index in [0.29, 0.717) is 17.7 Å². The number of amides is 1. The van der Waals surface area contributed by atoms with Crippen LogP contribution in [0, 0.1) is 17.8 Å². The van der Waals surface area contributed by atoms with E-state index in [9.17, 15) is 4.79 Å². The summed E-state index contributed by atoms with van der Waals surface area (Å²) in [4.78, 5) is 14.9. The molecule has 0 aromatic carbocycles. The number of piperazine rings is 1. The van der Waals surface area contributed by atoms with Crippen molar-refractivity contribution in [2.75, 3.05) is 19.6 Å². The molecule has 3 nitrogen and oxygen atoms in total. The summed E-state index contributed by atoms with van der Waals surface area (Å²) in [6, 6.07) is 0. The Labute approximate surface area is 104 Å². The van der Waals surface area contributed by atoms with Crippen LogP contribution in [0.3, 0.4) is 0 Å². The minimum atomic E-state index is -0.00281. The summed E-state index contributed by atoms with van der Waals surface area (Å²) < 4.78 is 0. The third-order valence-corrected chi connectivity index (χ3v) is 5.12. The van der Waals surface area contributed by atoms with Gasteiger partial charge >= 0.3 is 0 Å². The number of fused-ring (bicyclic) bond motifs is 2. The molecule has 3 atom stereocenters. The number of carbonyl (C=O) groups excluding carboxylic acids is 1. The van der Waals surface area contributed by atoms with Crippen LogP contribution < -0.4 is 5.32 Å². The quantitative estimate of drug-likeness (QED) is 0.750. The van der Waals surface area contributed by atoms with Crippen LogP contribution in [0.15, 0.2) is 0 Å². The lowest BCUT2D eigenvalue weighted by Crippen LogP contribution is -2.61. The molecular formula is C14H24N2O. The van der Waals surface area contributed by atoms with E-state index in [-0.39, 0.29) is 5.54 Å². The van der Waals surface area contributed by atoms with Gasteiger partial charge in [-0.25, -0.2) is 0 Å². The van der Waals surface area contributed by atoms with Crippen molar-refractivity contribution in [3.05, 3.63) is 0 Å². The summed E-state index contributed by atoms with van der Waals surface area (Å²) in [5.41, 5.74) is -0.00281. The molecule has 3 heteroatoms. The molecule has 2 bridgehead atoms. The fourth-order valence-corrected chi connectivity index (χ4v) is 4.14. The van der Waals surface area contributed by atoms with Crippen molar-refractivity contribution in [2.24, 2.45) is 17.8 Å². The normalized spacial score (nSPS) is 39.6. The maximum absolute atomic E-state index is 12.7. The van der Waals surface area contributed by atoms with E-state index in [1.54, 1.807) is 0 Å². The first kappa shape index (κ1) is 11.5. The van der Waals surface area contributed by atoms with E-state index in [1.807, 2.05) is 0 Å². The van der Waals surface area contributed by atoms with Crippen LogP contribution in [-0.4, -0.2) is 36.0 Å². The second-order valence-electron chi connectivity index (χ2n) is 6.76. The zero-order valence-electron chi connectivity index (χ0n) is 11.0. The molecule has 1 N–H and O–H groups in total. The molecule has 1 aliphatic heterocycles. The minimum absolute atomic E-state index is 0.00281. The van der Waals surface area contributed by atoms with Gasteiger partial charge in [0, 0.05) is 31.1 Å². The first-order chi connectivity index (χ1) is 8.08. The number of hydrogen-bond acceptors (Lipinski definition) is 2. The molecule has 2 aliphatic carbocycles. The van der Waals surface area contributed by atoms with Crippen LogP contribution in [0.25, 0.3) is 0 Å². The molecule has 17 heavy (non-hydrogen) atoms. The number of carbonyl (C=O) groups is 1. The van der Waals surface area contributed by atoms with Crippen LogP contribution >= 0.6 is 0 Å². The Bertz CT molecular complexity index is 326. The molecule has 3 fully saturated rings. The van der Waals surface area contributed by atoms with Gasteiger partial charge in [0.25, 0.3) is 0 Å². The van der Waals surface area contributed by atoms with E-state index >= 15 is 0 Å². The lowest BCUT2D eigenvalue weighted by atomic mass is 9.86. The average Bonchev–Trinajstić information content (AvgIpc) is 2.89. The highest BCUT2D eigenvalue weighted by Crippen LogP contribution is 2.49. The predicted octanol–water partition coefficient (Wildman–Crippen LogP) is 1.63. The Balaban J connectivity index is 1.73. The zero-order valence-corrected chi connectivity index (χ0v) is 11.0. The van der Waals surface area contributed by atoms with Crippen molar-refractivity contribution in [3.63, 3.8) is 0 Å². The molecule has 0 aromatic rings. The number of hydrogen-bond donors (Lipinski definition) is 1. The Morgan fingerprint density at radius 2 is 2.12 bits per heavy atom. The Kier molecular flexibility index (Phi) is 2.69. The van der Waals surface area contributed by atoms with Gasteiger partial charge in [0.2, 0.25) is 5.91 Å². The van der Waals surface area contributed by atoms with Gasteiger partial charge in [-0.2, -0.15) is 0 Å². The van der Waals surface area contributed by atoms with Gasteiger partial charge in [-0.1, -0.05) is 6.42 Å². The second kappa shape index (κ2) is 3.98. The fourth-order valence-electron chi connectivity index (χ4n) is 4.14. The van der Waals surface area contributed by atoms with E-state index in [4.69, 9.17) is 0 Å². The van der Waals surface area contributed by atoms with Crippen molar-refractivity contribution in [3.8, 4) is 0 Å². The van der Waals surface area contributed by atoms with Gasteiger partial charge in [0.05, 0.1) is 0 Å². The highest BCUT2D eigenvalue weighted by molar-refractivity contribution is 5.80. The largest absolute Gasteiger partial charge is 0.335 e. The topological polar surface area (TPSA) is 32.3 Å². The first-order valence-electron chi connectivity index (χ1n) is 7.10. The smallest absolute Gasteiger partial charge is 0.226 e. The van der Waals surface area contributed by atoms with Crippen molar-refractivity contribution < 1.29 is 4.79 Å². The highest BCUT2D eigenvalue weighted by Gasteiger charge is 2.46. The standard InChI is InChI=1S/C14H24N2O/c1-14(2)9-15-5-6-16(14)13(17)12-8-10-3-4-11(12)7-10/h10-12,15H,3-9H2,1-2H3. The fraction of sp³-hybridized carbons (Fsp3) is 0.929. The molecule has 0 aromatic heterocycles. The molecule has 0 radical (unpaired) electrons. The first-order valence-corrected chi connectivity index (χ1v) is 7.10. The van der Waals surface area contributed by atoms with Gasteiger partial charge in [-0.05, 0) is 44.9 Å². The van der Waals surface area contributed by atoms with Crippen molar-refractivity contribution >= 4 is 5.91 Å². The molecule has 1 saturated heterocycles. The Hall–Kier alpha value is -0.570. The van der Waals surface area contributed by atoms with Gasteiger partial charge in [0.15, 0.2) is 0 Å². The van der Waals surface area contributed by atoms with E-state index in [0.717, 1.165) is 25.6 Å². The molecule has 0 spiro atoms. The SMILES string of the molecule is CC1(C)CNCCN1C(=O)C1CC2CCC1C2. The van der Waals surface area contributed by atoms with Gasteiger partial charge < -0.3 is 10.2 Å². The van der Waals surface area contributed by atoms with E-state index in [2.05, 4.69) is 24.1 Å². The van der Waals surface area contributed by atoms with Crippen LogP contribution in [0.5, 0.6) is 0 Å². The van der Waals surface area contributed by atoms with Crippen molar-refractivity contribution in [2.45, 2.75) is 45.1 Å². The molecule has 2 saturated carbocycles. The summed E-state index contributed by atoms with van der Waals surface area (Å²) in [6.45, 7) is 7.14. The number of rotatable bonds is 1. The predicted molar refractivity (Wildman–Crippen MR) is 67.6 cm³/mol. The number of nitrogens with one attached hydrogen (secondary N) is 1. The van der Waals surface area contributed by atoms with Gasteiger partial charge in [0.1, 0.15) is 0 Å². The summed E-state index contributed by atoms with van der Waals surface area (Å²) in [6.07, 6.45) is 5.17. The lowest BCUT2D eigenvalue weighted by Gasteiger charge is -2.44. The van der Waals surface area contributed by atoms with Crippen LogP contribution in [-0.2, 0) is 4.79 Å². The highest BCUT2D eigenvalue weighted by atomic mass is 16.2. The lowest BCUT2D eigenvalue weighted by molar-refractivity contribution is -0.143. The molecule has 1 heterocycles. The molecule has 1 amide bonds. The molecule has 3 rings (SSSR count). The summed E-state index contributed by atoms with van der Waals surface area (Å²) in [7, 11) is 0. The van der Waals surface area contributed by atoms with Crippen LogP contribution in [0.1, 0.15) is 39.5 Å². The molecule has 3 aliphatic rings. The van der Waals surface area contributed by atoms with E-state index in [1.165, 1.54) is 25.7 Å². The molecule has 3 unspecified atom stereocenters. The Morgan fingerprint density at radius 1 is 1.29 bits per heavy atom. The van der Waals surface area contributed by atoms with Crippen LogP contribution in [0.2, 0.25) is 0 Å². The third-order valence-electron chi connectivity index (χ3n) is 5.12. The summed E-state index contributed by atoms with van der Waals surface area (Å²) in [5, 5.41) is 3.39. The number of nitrogens with zero attached hydrogens (tertiary/aromatic N) is 1. The van der Waals surface area contributed by atoms with Gasteiger partial charge in [-0.3, -0.25) is 4.79 Å². The monoisotopic (exact) mass is 236 g/mol. The van der Waals surface area contributed by atoms with Crippen molar-refractivity contribution in [1.29, 1.82) is 0 Å². The molecule has 96 valence electrons. The van der Waals surface area contributed by atoms with E-state index < -0.39 is 0 Å². The maximum atomic E-state index is 12.7. The van der Waals surface area contributed by atoms with Crippen molar-refractivity contribution in [1.82, 2.24) is 10.2 Å². The second-order valence-corrected chi connectivity index (χ2v) is 6.76. The zero-order chi connectivity index (χ0) is 12.0. The molecular weight excluding hydrogens is 212 g/mol. The Morgan fingerprint density at radius 3 is 2.71 bits per heavy atom. The third kappa shape index (κ3) is 1.88.